The van der Waals surface area contributed by atoms with Crippen LogP contribution in [0.5, 0.6) is 0 Å². The molecule has 0 saturated carbocycles. The monoisotopic (exact) mass is 434 g/mol. The summed E-state index contributed by atoms with van der Waals surface area (Å²) in [6.07, 6.45) is 0. The minimum Gasteiger partial charge on any atom is -0.322 e. The van der Waals surface area contributed by atoms with Crippen molar-refractivity contribution >= 4 is 38.4 Å². The molecule has 28 heavy (non-hydrogen) atoms. The first kappa shape index (κ1) is 18.3. The number of hydrogen-bond acceptors (Lipinski definition) is 2. The summed E-state index contributed by atoms with van der Waals surface area (Å²) in [5, 5.41) is 3.62. The predicted octanol–water partition coefficient (Wildman–Crippen LogP) is 6.36. The number of pyridine rings is 1. The number of nitrogens with one attached hydrogen (secondary N) is 1. The maximum Gasteiger partial charge on any atom is 0.256 e. The lowest BCUT2D eigenvalue weighted by atomic mass is 9.97. The maximum atomic E-state index is 13.2. The molecule has 4 rings (SSSR count). The molecule has 0 unspecified atom stereocenters. The molecule has 0 saturated heterocycles. The third-order valence-corrected chi connectivity index (χ3v) is 5.06. The molecule has 1 aromatic heterocycles. The molecular formula is C23H16BrFN2O. The second kappa shape index (κ2) is 7.52. The van der Waals surface area contributed by atoms with E-state index in [1.807, 2.05) is 55.5 Å². The van der Waals surface area contributed by atoms with Gasteiger partial charge in [-0.05, 0) is 55.0 Å². The zero-order valence-electron chi connectivity index (χ0n) is 15.0. The lowest BCUT2D eigenvalue weighted by molar-refractivity contribution is 0.102. The summed E-state index contributed by atoms with van der Waals surface area (Å²) >= 11 is 3.48. The van der Waals surface area contributed by atoms with E-state index in [0.717, 1.165) is 32.2 Å². The summed E-state index contributed by atoms with van der Waals surface area (Å²) in [6.45, 7) is 1.90. The van der Waals surface area contributed by atoms with Gasteiger partial charge in [-0.1, -0.05) is 46.3 Å². The third kappa shape index (κ3) is 3.53. The van der Waals surface area contributed by atoms with Crippen molar-refractivity contribution in [2.75, 3.05) is 5.32 Å². The zero-order valence-corrected chi connectivity index (χ0v) is 16.6. The Balaban J connectivity index is 1.89. The lowest BCUT2D eigenvalue weighted by Crippen LogP contribution is -2.15. The minimum absolute atomic E-state index is 0.258. The first-order valence-corrected chi connectivity index (χ1v) is 9.54. The molecule has 3 aromatic carbocycles. The van der Waals surface area contributed by atoms with Crippen LogP contribution < -0.4 is 5.32 Å². The van der Waals surface area contributed by atoms with Crippen molar-refractivity contribution in [2.45, 2.75) is 6.92 Å². The molecule has 1 heterocycles. The SMILES string of the molecule is Cc1c(-c2ccccc2)nc2ccc(Br)cc2c1C(=O)Nc1ccc(F)cc1. The highest BCUT2D eigenvalue weighted by molar-refractivity contribution is 9.10. The number of rotatable bonds is 3. The van der Waals surface area contributed by atoms with Crippen molar-refractivity contribution in [3.63, 3.8) is 0 Å². The van der Waals surface area contributed by atoms with Crippen molar-refractivity contribution in [1.29, 1.82) is 0 Å². The number of halogens is 2. The predicted molar refractivity (Wildman–Crippen MR) is 114 cm³/mol. The first-order valence-electron chi connectivity index (χ1n) is 8.75. The van der Waals surface area contributed by atoms with Gasteiger partial charge in [0.15, 0.2) is 0 Å². The van der Waals surface area contributed by atoms with Gasteiger partial charge >= 0.3 is 0 Å². The number of fused-ring (bicyclic) bond motifs is 1. The van der Waals surface area contributed by atoms with Gasteiger partial charge in [-0.3, -0.25) is 4.79 Å². The molecule has 4 aromatic rings. The van der Waals surface area contributed by atoms with E-state index in [4.69, 9.17) is 4.98 Å². The Morgan fingerprint density at radius 2 is 1.71 bits per heavy atom. The minimum atomic E-state index is -0.348. The number of hydrogen-bond donors (Lipinski definition) is 1. The van der Waals surface area contributed by atoms with Crippen LogP contribution in [0.15, 0.2) is 77.3 Å². The summed E-state index contributed by atoms with van der Waals surface area (Å²) in [4.78, 5) is 18.0. The van der Waals surface area contributed by atoms with Gasteiger partial charge in [-0.25, -0.2) is 9.37 Å². The molecule has 3 nitrogen and oxygen atoms in total. The number of carbonyl (C=O) groups is 1. The molecule has 5 heteroatoms. The molecule has 0 radical (unpaired) electrons. The molecule has 0 bridgehead atoms. The molecule has 0 atom stereocenters. The number of anilines is 1. The summed E-state index contributed by atoms with van der Waals surface area (Å²) in [5.41, 5.74) is 4.31. The van der Waals surface area contributed by atoms with Crippen LogP contribution in [0, 0.1) is 12.7 Å². The number of aromatic nitrogens is 1. The summed E-state index contributed by atoms with van der Waals surface area (Å²) in [6, 6.07) is 21.2. The van der Waals surface area contributed by atoms with E-state index in [9.17, 15) is 9.18 Å². The Bertz CT molecular complexity index is 1170. The second-order valence-corrected chi connectivity index (χ2v) is 7.36. The highest BCUT2D eigenvalue weighted by Gasteiger charge is 2.19. The number of amides is 1. The van der Waals surface area contributed by atoms with Crippen molar-refractivity contribution < 1.29 is 9.18 Å². The van der Waals surface area contributed by atoms with Gasteiger partial charge in [0.05, 0.1) is 16.8 Å². The Morgan fingerprint density at radius 3 is 2.43 bits per heavy atom. The van der Waals surface area contributed by atoms with Gasteiger partial charge in [0.2, 0.25) is 0 Å². The van der Waals surface area contributed by atoms with E-state index in [1.54, 1.807) is 12.1 Å². The molecule has 0 aliphatic carbocycles. The zero-order chi connectivity index (χ0) is 19.7. The van der Waals surface area contributed by atoms with Crippen LogP contribution in [-0.2, 0) is 0 Å². The largest absolute Gasteiger partial charge is 0.322 e. The van der Waals surface area contributed by atoms with Gasteiger partial charge in [-0.15, -0.1) is 0 Å². The van der Waals surface area contributed by atoms with Crippen molar-refractivity contribution in [3.05, 3.63) is 94.2 Å². The van der Waals surface area contributed by atoms with E-state index in [-0.39, 0.29) is 11.7 Å². The van der Waals surface area contributed by atoms with Crippen LogP contribution in [0.2, 0.25) is 0 Å². The Labute approximate surface area is 170 Å². The second-order valence-electron chi connectivity index (χ2n) is 6.45. The smallest absolute Gasteiger partial charge is 0.256 e. The maximum absolute atomic E-state index is 13.2. The van der Waals surface area contributed by atoms with E-state index in [2.05, 4.69) is 21.2 Å². The summed E-state index contributed by atoms with van der Waals surface area (Å²) < 4.78 is 14.0. The lowest BCUT2D eigenvalue weighted by Gasteiger charge is -2.15. The first-order chi connectivity index (χ1) is 13.5. The van der Waals surface area contributed by atoms with E-state index in [0.29, 0.717) is 11.3 Å². The van der Waals surface area contributed by atoms with Crippen LogP contribution in [-0.4, -0.2) is 10.9 Å². The topological polar surface area (TPSA) is 42.0 Å². The van der Waals surface area contributed by atoms with Crippen LogP contribution in [0.1, 0.15) is 15.9 Å². The van der Waals surface area contributed by atoms with E-state index < -0.39 is 0 Å². The van der Waals surface area contributed by atoms with E-state index >= 15 is 0 Å². The molecular weight excluding hydrogens is 419 g/mol. The van der Waals surface area contributed by atoms with Crippen molar-refractivity contribution in [2.24, 2.45) is 0 Å². The van der Waals surface area contributed by atoms with Gasteiger partial charge < -0.3 is 5.32 Å². The molecule has 0 aliphatic rings. The standard InChI is InChI=1S/C23H16BrFN2O/c1-14-21(23(28)26-18-10-8-17(25)9-11-18)19-13-16(24)7-12-20(19)27-22(14)15-5-3-2-4-6-15/h2-13H,1H3,(H,26,28). The third-order valence-electron chi connectivity index (χ3n) is 4.57. The molecule has 0 spiro atoms. The number of carbonyl (C=O) groups excluding carboxylic acids is 1. The van der Waals surface area contributed by atoms with Crippen LogP contribution in [0.4, 0.5) is 10.1 Å². The average Bonchev–Trinajstić information content (AvgIpc) is 2.70. The molecule has 138 valence electrons. The van der Waals surface area contributed by atoms with Crippen molar-refractivity contribution in [1.82, 2.24) is 4.98 Å². The highest BCUT2D eigenvalue weighted by Crippen LogP contribution is 2.31. The fourth-order valence-electron chi connectivity index (χ4n) is 3.23. The number of nitrogens with zero attached hydrogens (tertiary/aromatic N) is 1. The van der Waals surface area contributed by atoms with Crippen LogP contribution in [0.25, 0.3) is 22.2 Å². The fourth-order valence-corrected chi connectivity index (χ4v) is 3.59. The van der Waals surface area contributed by atoms with Crippen molar-refractivity contribution in [3.8, 4) is 11.3 Å². The molecule has 0 aliphatic heterocycles. The molecule has 1 N–H and O–H groups in total. The number of benzene rings is 3. The van der Waals surface area contributed by atoms with Gasteiger partial charge in [0.1, 0.15) is 5.82 Å². The normalized spacial score (nSPS) is 10.8. The van der Waals surface area contributed by atoms with Crippen LogP contribution >= 0.6 is 15.9 Å². The molecule has 0 fully saturated rings. The fraction of sp³-hybridized carbons (Fsp3) is 0.0435. The molecule has 1 amide bonds. The average molecular weight is 435 g/mol. The van der Waals surface area contributed by atoms with E-state index in [1.165, 1.54) is 12.1 Å². The summed E-state index contributed by atoms with van der Waals surface area (Å²) in [5.74, 6) is -0.606. The quantitative estimate of drug-likeness (QED) is 0.407. The van der Waals surface area contributed by atoms with Crippen LogP contribution in [0.3, 0.4) is 0 Å². The highest BCUT2D eigenvalue weighted by atomic mass is 79.9. The Hall–Kier alpha value is -3.05. The summed E-state index contributed by atoms with van der Waals surface area (Å²) in [7, 11) is 0. The van der Waals surface area contributed by atoms with Gasteiger partial charge in [0.25, 0.3) is 5.91 Å². The Morgan fingerprint density at radius 1 is 1.00 bits per heavy atom. The van der Waals surface area contributed by atoms with Gasteiger partial charge in [0, 0.05) is 21.1 Å². The van der Waals surface area contributed by atoms with Gasteiger partial charge in [-0.2, -0.15) is 0 Å². The Kier molecular flexibility index (Phi) is 4.92.